The number of piperazine rings is 1. The van der Waals surface area contributed by atoms with Gasteiger partial charge in [0, 0.05) is 32.2 Å². The monoisotopic (exact) mass is 418 g/mol. The molecule has 0 spiro atoms. The Bertz CT molecular complexity index is 851. The van der Waals surface area contributed by atoms with Gasteiger partial charge in [-0.1, -0.05) is 39.3 Å². The molecule has 2 fully saturated rings. The molecule has 2 aliphatic heterocycles. The lowest BCUT2D eigenvalue weighted by atomic mass is 9.82. The van der Waals surface area contributed by atoms with E-state index < -0.39 is 10.0 Å². The zero-order valence-corrected chi connectivity index (χ0v) is 18.8. The number of nitrogens with zero attached hydrogens (tertiary/aromatic N) is 4. The Morgan fingerprint density at radius 2 is 1.69 bits per heavy atom. The standard InChI is InChI=1S/C22H34N4O2S/c1-4-22(2,3)18-8-10-20(11-9-18)29(27,28)26-13-12-23-21(26)25-16-14-24(15-17-25)19-6-5-7-19/h8-11,19H,4-7,12-17H2,1-3H3. The van der Waals surface area contributed by atoms with Gasteiger partial charge < -0.3 is 4.90 Å². The van der Waals surface area contributed by atoms with Crippen molar-refractivity contribution in [3.63, 3.8) is 0 Å². The van der Waals surface area contributed by atoms with Crippen LogP contribution in [-0.4, -0.2) is 73.8 Å². The molecule has 1 saturated heterocycles. The first-order valence-electron chi connectivity index (χ1n) is 11.0. The third-order valence-corrected chi connectivity index (χ3v) is 8.87. The number of guanidine groups is 1. The smallest absolute Gasteiger partial charge is 0.266 e. The number of hydrogen-bond acceptors (Lipinski definition) is 5. The lowest BCUT2D eigenvalue weighted by Crippen LogP contribution is -2.56. The fourth-order valence-electron chi connectivity index (χ4n) is 4.35. The van der Waals surface area contributed by atoms with Crippen LogP contribution in [-0.2, 0) is 15.4 Å². The molecule has 0 radical (unpaired) electrons. The molecule has 0 N–H and O–H groups in total. The topological polar surface area (TPSA) is 56.2 Å². The Balaban J connectivity index is 1.47. The predicted octanol–water partition coefficient (Wildman–Crippen LogP) is 2.90. The van der Waals surface area contributed by atoms with Crippen LogP contribution in [0.5, 0.6) is 0 Å². The first-order chi connectivity index (χ1) is 13.8. The summed E-state index contributed by atoms with van der Waals surface area (Å²) in [6.45, 7) is 11.2. The van der Waals surface area contributed by atoms with Gasteiger partial charge in [0.05, 0.1) is 18.0 Å². The average molecular weight is 419 g/mol. The van der Waals surface area contributed by atoms with E-state index in [0.717, 1.165) is 38.6 Å². The molecule has 3 aliphatic rings. The molecular formula is C22H34N4O2S. The van der Waals surface area contributed by atoms with Crippen LogP contribution in [0, 0.1) is 0 Å². The van der Waals surface area contributed by atoms with Crippen molar-refractivity contribution < 1.29 is 8.42 Å². The maximum Gasteiger partial charge on any atom is 0.266 e. The molecule has 0 bridgehead atoms. The lowest BCUT2D eigenvalue weighted by molar-refractivity contribution is 0.0833. The summed E-state index contributed by atoms with van der Waals surface area (Å²) in [5.74, 6) is 0.635. The van der Waals surface area contributed by atoms with Gasteiger partial charge in [0.2, 0.25) is 5.96 Å². The van der Waals surface area contributed by atoms with E-state index in [1.807, 2.05) is 12.1 Å². The quantitative estimate of drug-likeness (QED) is 0.738. The van der Waals surface area contributed by atoms with Crippen molar-refractivity contribution in [3.05, 3.63) is 29.8 Å². The van der Waals surface area contributed by atoms with Crippen LogP contribution in [0.25, 0.3) is 0 Å². The van der Waals surface area contributed by atoms with Gasteiger partial charge in [-0.25, -0.2) is 12.7 Å². The van der Waals surface area contributed by atoms with Crippen LogP contribution < -0.4 is 0 Å². The maximum atomic E-state index is 13.4. The Morgan fingerprint density at radius 1 is 1.03 bits per heavy atom. The summed E-state index contributed by atoms with van der Waals surface area (Å²) in [6.07, 6.45) is 4.98. The van der Waals surface area contributed by atoms with Crippen LogP contribution in [0.2, 0.25) is 0 Å². The van der Waals surface area contributed by atoms with Crippen LogP contribution in [0.1, 0.15) is 52.0 Å². The molecule has 2 heterocycles. The van der Waals surface area contributed by atoms with Gasteiger partial charge >= 0.3 is 0 Å². The normalized spacial score (nSPS) is 22.0. The first-order valence-corrected chi connectivity index (χ1v) is 12.4. The first kappa shape index (κ1) is 20.7. The Hall–Kier alpha value is -1.60. The van der Waals surface area contributed by atoms with Crippen molar-refractivity contribution in [3.8, 4) is 0 Å². The summed E-state index contributed by atoms with van der Waals surface area (Å²) >= 11 is 0. The van der Waals surface area contributed by atoms with Gasteiger partial charge in [-0.05, 0) is 42.4 Å². The van der Waals surface area contributed by atoms with Crippen molar-refractivity contribution in [2.45, 2.75) is 62.8 Å². The summed E-state index contributed by atoms with van der Waals surface area (Å²) < 4.78 is 28.2. The molecular weight excluding hydrogens is 384 g/mol. The summed E-state index contributed by atoms with van der Waals surface area (Å²) in [5, 5.41) is 0. The molecule has 0 unspecified atom stereocenters. The maximum absolute atomic E-state index is 13.4. The van der Waals surface area contributed by atoms with Crippen molar-refractivity contribution in [2.75, 3.05) is 39.3 Å². The second kappa shape index (κ2) is 7.91. The highest BCUT2D eigenvalue weighted by Gasteiger charge is 2.36. The molecule has 1 aromatic carbocycles. The number of benzene rings is 1. The minimum atomic E-state index is -3.58. The summed E-state index contributed by atoms with van der Waals surface area (Å²) in [5.41, 5.74) is 1.21. The van der Waals surface area contributed by atoms with E-state index >= 15 is 0 Å². The molecule has 29 heavy (non-hydrogen) atoms. The molecule has 0 aromatic heterocycles. The van der Waals surface area contributed by atoms with Gasteiger partial charge in [-0.3, -0.25) is 9.89 Å². The zero-order chi connectivity index (χ0) is 20.6. The third kappa shape index (κ3) is 3.91. The molecule has 7 heteroatoms. The molecule has 1 aromatic rings. The predicted molar refractivity (Wildman–Crippen MR) is 117 cm³/mol. The van der Waals surface area contributed by atoms with E-state index in [1.54, 1.807) is 12.1 Å². The van der Waals surface area contributed by atoms with E-state index in [9.17, 15) is 8.42 Å². The second-order valence-corrected chi connectivity index (χ2v) is 11.0. The van der Waals surface area contributed by atoms with E-state index in [-0.39, 0.29) is 5.41 Å². The lowest BCUT2D eigenvalue weighted by Gasteiger charge is -2.44. The van der Waals surface area contributed by atoms with Crippen LogP contribution >= 0.6 is 0 Å². The van der Waals surface area contributed by atoms with E-state index in [1.165, 1.54) is 29.1 Å². The summed E-state index contributed by atoms with van der Waals surface area (Å²) in [4.78, 5) is 9.65. The molecule has 6 nitrogen and oxygen atoms in total. The van der Waals surface area contributed by atoms with Gasteiger partial charge in [0.25, 0.3) is 10.0 Å². The Kier molecular flexibility index (Phi) is 5.64. The minimum Gasteiger partial charge on any atom is -0.339 e. The van der Waals surface area contributed by atoms with Crippen LogP contribution in [0.3, 0.4) is 0 Å². The van der Waals surface area contributed by atoms with Crippen molar-refractivity contribution in [1.29, 1.82) is 0 Å². The second-order valence-electron chi connectivity index (χ2n) is 9.13. The van der Waals surface area contributed by atoms with E-state index in [4.69, 9.17) is 0 Å². The largest absolute Gasteiger partial charge is 0.339 e. The zero-order valence-electron chi connectivity index (χ0n) is 18.0. The molecule has 1 aliphatic carbocycles. The fourth-order valence-corrected chi connectivity index (χ4v) is 5.80. The Morgan fingerprint density at radius 3 is 2.24 bits per heavy atom. The molecule has 0 amide bonds. The number of sulfonamides is 1. The van der Waals surface area contributed by atoms with E-state index in [2.05, 4.69) is 35.6 Å². The van der Waals surface area contributed by atoms with Gasteiger partial charge in [-0.15, -0.1) is 0 Å². The van der Waals surface area contributed by atoms with Gasteiger partial charge in [0.15, 0.2) is 0 Å². The average Bonchev–Trinajstić information content (AvgIpc) is 3.18. The number of hydrogen-bond donors (Lipinski definition) is 0. The molecule has 1 saturated carbocycles. The van der Waals surface area contributed by atoms with E-state index in [0.29, 0.717) is 23.9 Å². The van der Waals surface area contributed by atoms with Crippen molar-refractivity contribution in [1.82, 2.24) is 14.1 Å². The number of aliphatic imine (C=N–C) groups is 1. The van der Waals surface area contributed by atoms with Crippen molar-refractivity contribution >= 4 is 16.0 Å². The number of rotatable bonds is 5. The summed E-state index contributed by atoms with van der Waals surface area (Å²) in [7, 11) is -3.58. The van der Waals surface area contributed by atoms with Crippen LogP contribution in [0.15, 0.2) is 34.2 Å². The third-order valence-electron chi connectivity index (χ3n) is 7.08. The van der Waals surface area contributed by atoms with Crippen molar-refractivity contribution in [2.24, 2.45) is 4.99 Å². The highest BCUT2D eigenvalue weighted by Crippen LogP contribution is 2.29. The molecule has 4 rings (SSSR count). The molecule has 160 valence electrons. The van der Waals surface area contributed by atoms with Gasteiger partial charge in [-0.2, -0.15) is 0 Å². The highest BCUT2D eigenvalue weighted by atomic mass is 32.2. The highest BCUT2D eigenvalue weighted by molar-refractivity contribution is 7.89. The fraction of sp³-hybridized carbons (Fsp3) is 0.682. The minimum absolute atomic E-state index is 0.0443. The van der Waals surface area contributed by atoms with Crippen LogP contribution in [0.4, 0.5) is 0 Å². The van der Waals surface area contributed by atoms with Gasteiger partial charge in [0.1, 0.15) is 0 Å². The Labute approximate surface area is 175 Å². The SMILES string of the molecule is CCC(C)(C)c1ccc(S(=O)(=O)N2CCN=C2N2CCN(C3CCC3)CC2)cc1. The summed E-state index contributed by atoms with van der Waals surface area (Å²) in [6, 6.07) is 8.17. The molecule has 0 atom stereocenters.